The van der Waals surface area contributed by atoms with Gasteiger partial charge in [0.15, 0.2) is 5.09 Å². The molecule has 0 radical (unpaired) electrons. The Hall–Kier alpha value is -2.35. The van der Waals surface area contributed by atoms with E-state index in [2.05, 4.69) is 26.0 Å². The number of hydrogen-bond acceptors (Lipinski definition) is 5. The molecule has 2 heterocycles. The van der Waals surface area contributed by atoms with Crippen LogP contribution in [0.5, 0.6) is 0 Å². The van der Waals surface area contributed by atoms with E-state index in [1.54, 1.807) is 6.07 Å². The Kier molecular flexibility index (Phi) is 6.13. The molecule has 0 atom stereocenters. The molecular weight excluding hydrogens is 486 g/mol. The standard InChI is InChI=1S/C22H17BrClN3O2S/c1-13(2)21-26-19-9-3-14(23)11-18(19)22(28)27(21)25-12-16-6-10-20(29-16)30-17-7-4-15(24)5-8-17/h3-13H,1-2H3. The minimum Gasteiger partial charge on any atom is -0.448 e. The van der Waals surface area contributed by atoms with Gasteiger partial charge >= 0.3 is 0 Å². The second kappa shape index (κ2) is 8.79. The fraction of sp³-hybridized carbons (Fsp3) is 0.136. The molecule has 0 fully saturated rings. The average Bonchev–Trinajstić information content (AvgIpc) is 3.16. The van der Waals surface area contributed by atoms with Crippen molar-refractivity contribution in [2.24, 2.45) is 5.10 Å². The van der Waals surface area contributed by atoms with E-state index in [9.17, 15) is 4.79 Å². The van der Waals surface area contributed by atoms with Crippen molar-refractivity contribution in [1.29, 1.82) is 0 Å². The first-order valence-electron chi connectivity index (χ1n) is 9.20. The minimum atomic E-state index is -0.219. The van der Waals surface area contributed by atoms with Crippen LogP contribution in [0.4, 0.5) is 0 Å². The summed E-state index contributed by atoms with van der Waals surface area (Å²) >= 11 is 10.8. The Balaban J connectivity index is 1.66. The predicted octanol–water partition coefficient (Wildman–Crippen LogP) is 6.56. The van der Waals surface area contributed by atoms with Crippen molar-refractivity contribution < 1.29 is 4.42 Å². The van der Waals surface area contributed by atoms with Gasteiger partial charge in [0.2, 0.25) is 0 Å². The van der Waals surface area contributed by atoms with E-state index in [1.807, 2.05) is 62.4 Å². The third-order valence-electron chi connectivity index (χ3n) is 4.28. The first-order valence-corrected chi connectivity index (χ1v) is 11.2. The zero-order valence-electron chi connectivity index (χ0n) is 16.2. The normalized spacial score (nSPS) is 11.8. The van der Waals surface area contributed by atoms with Crippen molar-refractivity contribution in [3.05, 3.63) is 86.0 Å². The lowest BCUT2D eigenvalue weighted by molar-refractivity contribution is 0.468. The fourth-order valence-corrected chi connectivity index (χ4v) is 4.11. The van der Waals surface area contributed by atoms with Crippen molar-refractivity contribution in [3.63, 3.8) is 0 Å². The van der Waals surface area contributed by atoms with Crippen LogP contribution in [0.1, 0.15) is 31.4 Å². The van der Waals surface area contributed by atoms with Crippen LogP contribution in [-0.4, -0.2) is 15.9 Å². The molecule has 30 heavy (non-hydrogen) atoms. The van der Waals surface area contributed by atoms with E-state index in [-0.39, 0.29) is 11.5 Å². The summed E-state index contributed by atoms with van der Waals surface area (Å²) in [6.07, 6.45) is 1.53. The third kappa shape index (κ3) is 4.53. The Morgan fingerprint density at radius 2 is 1.93 bits per heavy atom. The molecule has 5 nitrogen and oxygen atoms in total. The lowest BCUT2D eigenvalue weighted by Crippen LogP contribution is -2.23. The summed E-state index contributed by atoms with van der Waals surface area (Å²) in [5, 5.41) is 6.30. The highest BCUT2D eigenvalue weighted by molar-refractivity contribution is 9.10. The van der Waals surface area contributed by atoms with Crippen LogP contribution >= 0.6 is 39.3 Å². The summed E-state index contributed by atoms with van der Waals surface area (Å²) in [6.45, 7) is 3.96. The van der Waals surface area contributed by atoms with Gasteiger partial charge in [-0.25, -0.2) is 4.98 Å². The molecule has 0 unspecified atom stereocenters. The van der Waals surface area contributed by atoms with Crippen LogP contribution in [0.2, 0.25) is 5.02 Å². The van der Waals surface area contributed by atoms with Crippen molar-refractivity contribution in [2.45, 2.75) is 29.8 Å². The molecule has 0 aliphatic heterocycles. The van der Waals surface area contributed by atoms with E-state index >= 15 is 0 Å². The zero-order chi connectivity index (χ0) is 21.3. The van der Waals surface area contributed by atoms with Crippen LogP contribution in [-0.2, 0) is 0 Å². The molecule has 152 valence electrons. The fourth-order valence-electron chi connectivity index (χ4n) is 2.84. The smallest absolute Gasteiger partial charge is 0.282 e. The lowest BCUT2D eigenvalue weighted by Gasteiger charge is -2.11. The number of hydrogen-bond donors (Lipinski definition) is 0. The van der Waals surface area contributed by atoms with Crippen LogP contribution in [0, 0.1) is 0 Å². The summed E-state index contributed by atoms with van der Waals surface area (Å²) in [6, 6.07) is 16.7. The monoisotopic (exact) mass is 501 g/mol. The second-order valence-corrected chi connectivity index (χ2v) is 9.29. The van der Waals surface area contributed by atoms with Crippen molar-refractivity contribution >= 4 is 56.4 Å². The predicted molar refractivity (Wildman–Crippen MR) is 125 cm³/mol. The van der Waals surface area contributed by atoms with Gasteiger partial charge in [0.05, 0.1) is 17.1 Å². The summed E-state index contributed by atoms with van der Waals surface area (Å²) < 4.78 is 7.98. The van der Waals surface area contributed by atoms with Gasteiger partial charge in [-0.1, -0.05) is 53.1 Å². The van der Waals surface area contributed by atoms with Gasteiger partial charge in [-0.2, -0.15) is 9.78 Å². The van der Waals surface area contributed by atoms with Crippen molar-refractivity contribution in [1.82, 2.24) is 9.66 Å². The van der Waals surface area contributed by atoms with Gasteiger partial charge in [0, 0.05) is 20.3 Å². The molecule has 2 aromatic carbocycles. The summed E-state index contributed by atoms with van der Waals surface area (Å²) in [4.78, 5) is 18.7. The Morgan fingerprint density at radius 3 is 2.67 bits per heavy atom. The summed E-state index contributed by atoms with van der Waals surface area (Å²) in [5.74, 6) is 1.16. The van der Waals surface area contributed by atoms with E-state index in [0.717, 1.165) is 14.5 Å². The van der Waals surface area contributed by atoms with E-state index in [1.165, 1.54) is 22.7 Å². The van der Waals surface area contributed by atoms with E-state index in [0.29, 0.717) is 27.5 Å². The quantitative estimate of drug-likeness (QED) is 0.290. The molecule has 0 spiro atoms. The van der Waals surface area contributed by atoms with E-state index < -0.39 is 0 Å². The number of halogens is 2. The highest BCUT2D eigenvalue weighted by Gasteiger charge is 2.14. The van der Waals surface area contributed by atoms with Gasteiger partial charge in [0.1, 0.15) is 11.6 Å². The van der Waals surface area contributed by atoms with Crippen molar-refractivity contribution in [3.8, 4) is 0 Å². The molecule has 0 bridgehead atoms. The highest BCUT2D eigenvalue weighted by atomic mass is 79.9. The summed E-state index contributed by atoms with van der Waals surface area (Å²) in [7, 11) is 0. The number of benzene rings is 2. The van der Waals surface area contributed by atoms with Gasteiger partial charge in [-0.15, -0.1) is 0 Å². The van der Waals surface area contributed by atoms with Gasteiger partial charge < -0.3 is 4.42 Å². The average molecular weight is 503 g/mol. The molecule has 8 heteroatoms. The number of fused-ring (bicyclic) bond motifs is 1. The number of aromatic nitrogens is 2. The molecule has 0 saturated carbocycles. The van der Waals surface area contributed by atoms with Crippen LogP contribution in [0.3, 0.4) is 0 Å². The van der Waals surface area contributed by atoms with Gasteiger partial charge in [-0.05, 0) is 54.6 Å². The largest absolute Gasteiger partial charge is 0.448 e. The molecule has 2 aromatic heterocycles. The Morgan fingerprint density at radius 1 is 1.17 bits per heavy atom. The van der Waals surface area contributed by atoms with E-state index in [4.69, 9.17) is 16.0 Å². The number of nitrogens with zero attached hydrogens (tertiary/aromatic N) is 3. The maximum atomic E-state index is 13.0. The van der Waals surface area contributed by atoms with Crippen molar-refractivity contribution in [2.75, 3.05) is 0 Å². The minimum absolute atomic E-state index is 0.0236. The summed E-state index contributed by atoms with van der Waals surface area (Å²) in [5.41, 5.74) is 0.432. The molecule has 0 saturated heterocycles. The molecule has 4 aromatic rings. The van der Waals surface area contributed by atoms with Crippen LogP contribution in [0.15, 0.2) is 83.4 Å². The Bertz CT molecular complexity index is 1300. The van der Waals surface area contributed by atoms with Crippen LogP contribution < -0.4 is 5.56 Å². The first kappa shape index (κ1) is 20.9. The zero-order valence-corrected chi connectivity index (χ0v) is 19.3. The molecule has 0 aliphatic carbocycles. The molecule has 0 aliphatic rings. The first-order chi connectivity index (χ1) is 14.4. The van der Waals surface area contributed by atoms with Gasteiger partial charge in [0.25, 0.3) is 5.56 Å². The molecule has 4 rings (SSSR count). The molecule has 0 N–H and O–H groups in total. The number of furan rings is 1. The second-order valence-electron chi connectivity index (χ2n) is 6.86. The van der Waals surface area contributed by atoms with Gasteiger partial charge in [-0.3, -0.25) is 4.79 Å². The Labute approximate surface area is 190 Å². The van der Waals surface area contributed by atoms with Crippen LogP contribution in [0.25, 0.3) is 10.9 Å². The third-order valence-corrected chi connectivity index (χ3v) is 5.96. The topological polar surface area (TPSA) is 60.4 Å². The highest BCUT2D eigenvalue weighted by Crippen LogP contribution is 2.29. The SMILES string of the molecule is CC(C)c1nc2ccc(Br)cc2c(=O)n1N=Cc1ccc(Sc2ccc(Cl)cc2)o1. The number of rotatable bonds is 5. The maximum absolute atomic E-state index is 13.0. The molecular formula is C22H17BrClN3O2S. The maximum Gasteiger partial charge on any atom is 0.282 e. The molecule has 0 amide bonds. The lowest BCUT2D eigenvalue weighted by atomic mass is 10.2.